The Hall–Kier alpha value is -3.80. The van der Waals surface area contributed by atoms with Crippen LogP contribution in [0.2, 0.25) is 0 Å². The third-order valence-electron chi connectivity index (χ3n) is 4.21. The van der Waals surface area contributed by atoms with Crippen LogP contribution in [0.3, 0.4) is 0 Å². The van der Waals surface area contributed by atoms with E-state index in [2.05, 4.69) is 26.9 Å². The van der Waals surface area contributed by atoms with E-state index in [1.807, 2.05) is 0 Å². The monoisotopic (exact) mass is 414 g/mol. The molecule has 0 fully saturated rings. The van der Waals surface area contributed by atoms with Crippen LogP contribution >= 0.6 is 0 Å². The molecule has 0 bridgehead atoms. The van der Waals surface area contributed by atoms with Gasteiger partial charge in [0.2, 0.25) is 0 Å². The first-order valence-corrected chi connectivity index (χ1v) is 8.59. The fraction of sp³-hybridized carbons (Fsp3) is 0.0952. The highest BCUT2D eigenvalue weighted by Crippen LogP contribution is 2.33. The zero-order chi connectivity index (χ0) is 21.3. The molecule has 30 heavy (non-hydrogen) atoms. The Morgan fingerprint density at radius 2 is 1.80 bits per heavy atom. The van der Waals surface area contributed by atoms with Gasteiger partial charge in [-0.3, -0.25) is 4.98 Å². The van der Waals surface area contributed by atoms with E-state index in [1.54, 1.807) is 18.3 Å². The molecule has 0 amide bonds. The fourth-order valence-corrected chi connectivity index (χ4v) is 2.81. The van der Waals surface area contributed by atoms with Gasteiger partial charge < -0.3 is 0 Å². The highest BCUT2D eigenvalue weighted by atomic mass is 19.4. The molecule has 0 aliphatic rings. The Morgan fingerprint density at radius 1 is 0.967 bits per heavy atom. The second-order valence-electron chi connectivity index (χ2n) is 6.23. The van der Waals surface area contributed by atoms with Crippen LogP contribution in [-0.2, 0) is 6.18 Å². The molecule has 1 aromatic carbocycles. The van der Waals surface area contributed by atoms with Crippen molar-refractivity contribution in [1.82, 2.24) is 19.6 Å². The summed E-state index contributed by atoms with van der Waals surface area (Å²) in [6.07, 6.45) is -3.08. The molecule has 150 valence electrons. The summed E-state index contributed by atoms with van der Waals surface area (Å²) in [6.45, 7) is 0. The van der Waals surface area contributed by atoms with Crippen LogP contribution in [0.1, 0.15) is 28.8 Å². The van der Waals surface area contributed by atoms with Crippen LogP contribution in [0, 0.1) is 11.8 Å². The standard InChI is InChI=1S/C21H11F5N4/c22-19(23)18-10-17(14-4-1-5-16(9-14)21(24,25)26)29-20-15(12-28-30(18)20)7-6-13-3-2-8-27-11-13/h1-5,8-12,19H. The molecule has 4 nitrogen and oxygen atoms in total. The lowest BCUT2D eigenvalue weighted by atomic mass is 10.1. The van der Waals surface area contributed by atoms with Gasteiger partial charge in [-0.2, -0.15) is 18.3 Å². The molecule has 0 saturated heterocycles. The zero-order valence-electron chi connectivity index (χ0n) is 15.0. The number of hydrogen-bond donors (Lipinski definition) is 0. The van der Waals surface area contributed by atoms with Gasteiger partial charge in [-0.25, -0.2) is 18.3 Å². The molecule has 4 aromatic rings. The summed E-state index contributed by atoms with van der Waals surface area (Å²) in [7, 11) is 0. The van der Waals surface area contributed by atoms with Gasteiger partial charge in [0.1, 0.15) is 5.69 Å². The molecule has 4 rings (SSSR count). The Balaban J connectivity index is 1.87. The lowest BCUT2D eigenvalue weighted by molar-refractivity contribution is -0.137. The fourth-order valence-electron chi connectivity index (χ4n) is 2.81. The molecular weight excluding hydrogens is 403 g/mol. The van der Waals surface area contributed by atoms with Gasteiger partial charge in [0.25, 0.3) is 6.43 Å². The summed E-state index contributed by atoms with van der Waals surface area (Å²) in [5.41, 5.74) is -0.492. The largest absolute Gasteiger partial charge is 0.416 e. The number of halogens is 5. The van der Waals surface area contributed by atoms with Gasteiger partial charge in [0, 0.05) is 23.5 Å². The number of nitrogens with zero attached hydrogens (tertiary/aromatic N) is 4. The van der Waals surface area contributed by atoms with Crippen LogP contribution in [-0.4, -0.2) is 19.6 Å². The Bertz CT molecular complexity index is 1270. The average Bonchev–Trinajstić information content (AvgIpc) is 3.14. The van der Waals surface area contributed by atoms with Crippen molar-refractivity contribution in [2.24, 2.45) is 0 Å². The van der Waals surface area contributed by atoms with Gasteiger partial charge in [-0.1, -0.05) is 24.0 Å². The quantitative estimate of drug-likeness (QED) is 0.337. The van der Waals surface area contributed by atoms with Gasteiger partial charge in [-0.05, 0) is 30.3 Å². The average molecular weight is 414 g/mol. The maximum Gasteiger partial charge on any atom is 0.416 e. The highest BCUT2D eigenvalue weighted by molar-refractivity contribution is 5.67. The van der Waals surface area contributed by atoms with E-state index in [0.717, 1.165) is 22.7 Å². The van der Waals surface area contributed by atoms with Crippen molar-refractivity contribution < 1.29 is 22.0 Å². The van der Waals surface area contributed by atoms with Crippen LogP contribution in [0.4, 0.5) is 22.0 Å². The van der Waals surface area contributed by atoms with E-state index >= 15 is 0 Å². The highest BCUT2D eigenvalue weighted by Gasteiger charge is 2.30. The third-order valence-corrected chi connectivity index (χ3v) is 4.21. The molecule has 0 aliphatic heterocycles. The second kappa shape index (κ2) is 7.55. The summed E-state index contributed by atoms with van der Waals surface area (Å²) >= 11 is 0. The van der Waals surface area contributed by atoms with E-state index in [4.69, 9.17) is 0 Å². The van der Waals surface area contributed by atoms with E-state index in [-0.39, 0.29) is 22.5 Å². The number of pyridine rings is 1. The molecule has 0 aliphatic carbocycles. The molecule has 0 spiro atoms. The van der Waals surface area contributed by atoms with Gasteiger partial charge in [-0.15, -0.1) is 0 Å². The topological polar surface area (TPSA) is 43.1 Å². The third kappa shape index (κ3) is 3.85. The SMILES string of the molecule is FC(F)c1cc(-c2cccc(C(F)(F)F)c2)nc2c(C#Cc3cccnc3)cnn12. The molecular formula is C21H11F5N4. The lowest BCUT2D eigenvalue weighted by Gasteiger charge is -2.10. The smallest absolute Gasteiger partial charge is 0.263 e. The van der Waals surface area contributed by atoms with Crippen LogP contribution in [0.25, 0.3) is 16.9 Å². The van der Waals surface area contributed by atoms with E-state index in [9.17, 15) is 22.0 Å². The van der Waals surface area contributed by atoms with Crippen molar-refractivity contribution in [2.45, 2.75) is 12.6 Å². The minimum absolute atomic E-state index is 0.0246. The van der Waals surface area contributed by atoms with Crippen molar-refractivity contribution in [3.63, 3.8) is 0 Å². The first kappa shape index (κ1) is 19.5. The maximum atomic E-state index is 13.6. The van der Waals surface area contributed by atoms with Crippen molar-refractivity contribution in [3.8, 4) is 23.1 Å². The number of aromatic nitrogens is 4. The van der Waals surface area contributed by atoms with E-state index in [0.29, 0.717) is 5.56 Å². The molecule has 0 unspecified atom stereocenters. The van der Waals surface area contributed by atoms with Crippen molar-refractivity contribution in [2.75, 3.05) is 0 Å². The molecule has 9 heteroatoms. The number of alkyl halides is 5. The zero-order valence-corrected chi connectivity index (χ0v) is 15.0. The number of fused-ring (bicyclic) bond motifs is 1. The molecule has 0 atom stereocenters. The van der Waals surface area contributed by atoms with Crippen molar-refractivity contribution in [3.05, 3.63) is 83.4 Å². The first-order valence-electron chi connectivity index (χ1n) is 8.59. The summed E-state index contributed by atoms with van der Waals surface area (Å²) in [4.78, 5) is 8.20. The maximum absolute atomic E-state index is 13.6. The van der Waals surface area contributed by atoms with E-state index < -0.39 is 23.9 Å². The number of benzene rings is 1. The van der Waals surface area contributed by atoms with Crippen molar-refractivity contribution >= 4 is 5.65 Å². The second-order valence-corrected chi connectivity index (χ2v) is 6.23. The Kier molecular flexibility index (Phi) is 4.91. The normalized spacial score (nSPS) is 11.5. The first-order chi connectivity index (χ1) is 14.3. The van der Waals surface area contributed by atoms with E-state index in [1.165, 1.54) is 24.5 Å². The molecule has 0 saturated carbocycles. The van der Waals surface area contributed by atoms with Crippen LogP contribution in [0.5, 0.6) is 0 Å². The van der Waals surface area contributed by atoms with Gasteiger partial charge >= 0.3 is 6.18 Å². The molecule has 0 N–H and O–H groups in total. The summed E-state index contributed by atoms with van der Waals surface area (Å²) in [6, 6.07) is 8.78. The molecule has 3 heterocycles. The Labute approximate surface area is 167 Å². The Morgan fingerprint density at radius 3 is 2.50 bits per heavy atom. The van der Waals surface area contributed by atoms with Gasteiger partial charge in [0.15, 0.2) is 5.65 Å². The summed E-state index contributed by atoms with van der Waals surface area (Å²) < 4.78 is 67.3. The number of hydrogen-bond acceptors (Lipinski definition) is 3. The van der Waals surface area contributed by atoms with Gasteiger partial charge in [0.05, 0.1) is 23.0 Å². The summed E-state index contributed by atoms with van der Waals surface area (Å²) in [5.74, 6) is 5.64. The predicted octanol–water partition coefficient (Wildman–Crippen LogP) is 5.15. The molecule has 3 aromatic heterocycles. The molecule has 0 radical (unpaired) electrons. The van der Waals surface area contributed by atoms with Crippen molar-refractivity contribution in [1.29, 1.82) is 0 Å². The predicted molar refractivity (Wildman–Crippen MR) is 98.6 cm³/mol. The van der Waals surface area contributed by atoms with Crippen LogP contribution in [0.15, 0.2) is 61.1 Å². The number of rotatable bonds is 2. The summed E-state index contributed by atoms with van der Waals surface area (Å²) in [5, 5.41) is 3.92. The van der Waals surface area contributed by atoms with Crippen LogP contribution < -0.4 is 0 Å². The minimum Gasteiger partial charge on any atom is -0.263 e. The lowest BCUT2D eigenvalue weighted by Crippen LogP contribution is -2.06. The minimum atomic E-state index is -4.57.